The van der Waals surface area contributed by atoms with E-state index < -0.39 is 11.2 Å². The zero-order chi connectivity index (χ0) is 33.3. The molecule has 0 saturated carbocycles. The van der Waals surface area contributed by atoms with Crippen molar-refractivity contribution in [3.8, 4) is 22.4 Å². The lowest BCUT2D eigenvalue weighted by atomic mass is 10.0. The van der Waals surface area contributed by atoms with Crippen molar-refractivity contribution in [3.63, 3.8) is 0 Å². The van der Waals surface area contributed by atoms with Crippen LogP contribution in [0.15, 0.2) is 55.0 Å². The van der Waals surface area contributed by atoms with Crippen LogP contribution in [0.1, 0.15) is 79.1 Å². The molecule has 2 aliphatic heterocycles. The first-order chi connectivity index (χ1) is 22.3. The first-order valence-corrected chi connectivity index (χ1v) is 16.5. The lowest BCUT2D eigenvalue weighted by Gasteiger charge is -2.28. The number of likely N-dealkylation sites (tertiary alicyclic amines) is 2. The van der Waals surface area contributed by atoms with Gasteiger partial charge in [0.05, 0.1) is 17.8 Å². The first kappa shape index (κ1) is 32.3. The average molecular weight is 640 g/mol. The smallest absolute Gasteiger partial charge is 0.410 e. The van der Waals surface area contributed by atoms with Crippen molar-refractivity contribution in [2.24, 2.45) is 0 Å². The molecule has 11 nitrogen and oxygen atoms in total. The summed E-state index contributed by atoms with van der Waals surface area (Å²) in [6.07, 6.45) is 8.60. The van der Waals surface area contributed by atoms with Crippen LogP contribution in [0.5, 0.6) is 0 Å². The van der Waals surface area contributed by atoms with Crippen molar-refractivity contribution in [2.45, 2.75) is 90.5 Å². The van der Waals surface area contributed by atoms with Crippen molar-refractivity contribution in [1.29, 1.82) is 0 Å². The van der Waals surface area contributed by atoms with E-state index in [0.717, 1.165) is 64.7 Å². The number of nitrogens with one attached hydrogen (secondary N) is 2. The summed E-state index contributed by atoms with van der Waals surface area (Å²) in [6, 6.07) is 12.5. The van der Waals surface area contributed by atoms with Gasteiger partial charge in [0.1, 0.15) is 17.0 Å². The molecule has 2 aromatic carbocycles. The molecule has 4 heterocycles. The Morgan fingerprint density at radius 3 is 2.11 bits per heavy atom. The molecule has 0 unspecified atom stereocenters. The summed E-state index contributed by atoms with van der Waals surface area (Å²) in [6.45, 7) is 13.2. The van der Waals surface area contributed by atoms with Gasteiger partial charge in [0.15, 0.2) is 0 Å². The predicted octanol–water partition coefficient (Wildman–Crippen LogP) is 7.57. The fraction of sp³-hybridized carbons (Fsp3) is 0.472. The molecular weight excluding hydrogens is 594 g/mol. The third-order valence-electron chi connectivity index (χ3n) is 8.42. The summed E-state index contributed by atoms with van der Waals surface area (Å²) in [4.78, 5) is 46.3. The van der Waals surface area contributed by atoms with Gasteiger partial charge < -0.3 is 24.7 Å². The number of hydrogen-bond acceptors (Lipinski definition) is 8. The highest BCUT2D eigenvalue weighted by molar-refractivity contribution is 5.90. The first-order valence-electron chi connectivity index (χ1n) is 16.5. The maximum atomic E-state index is 12.8. The van der Waals surface area contributed by atoms with Crippen molar-refractivity contribution in [1.82, 2.24) is 29.7 Å². The molecule has 11 heteroatoms. The molecule has 2 saturated heterocycles. The summed E-state index contributed by atoms with van der Waals surface area (Å²) in [5.41, 5.74) is 2.72. The molecule has 0 bridgehead atoms. The van der Waals surface area contributed by atoms with Crippen LogP contribution in [0.3, 0.4) is 0 Å². The zero-order valence-corrected chi connectivity index (χ0v) is 28.2. The van der Waals surface area contributed by atoms with Crippen LogP contribution in [0.2, 0.25) is 0 Å². The van der Waals surface area contributed by atoms with Crippen molar-refractivity contribution in [2.75, 3.05) is 25.0 Å². The summed E-state index contributed by atoms with van der Waals surface area (Å²) < 4.78 is 11.2. The average Bonchev–Trinajstić information content (AvgIpc) is 3.79. The maximum Gasteiger partial charge on any atom is 0.410 e. The van der Waals surface area contributed by atoms with Gasteiger partial charge in [0, 0.05) is 49.4 Å². The minimum atomic E-state index is -0.541. The minimum absolute atomic E-state index is 0.0428. The topological polar surface area (TPSA) is 126 Å². The summed E-state index contributed by atoms with van der Waals surface area (Å²) >= 11 is 0. The number of anilines is 1. The van der Waals surface area contributed by atoms with Crippen LogP contribution < -0.4 is 5.32 Å². The number of nitrogens with zero attached hydrogens (tertiary/aromatic N) is 5. The van der Waals surface area contributed by atoms with E-state index in [0.29, 0.717) is 25.6 Å². The maximum absolute atomic E-state index is 12.8. The molecule has 2 amide bonds. The second-order valence-electron chi connectivity index (χ2n) is 14.4. The third kappa shape index (κ3) is 7.66. The van der Waals surface area contributed by atoms with E-state index in [2.05, 4.69) is 56.7 Å². The SMILES string of the molecule is CC(C)(C)OC(=O)N1CCC[C@H]1CNc1ncc(-c2ccc3cc(-c4c[nH]c([C@@H]5CCCN5C(=O)OC(C)(C)C)n4)ccc3c2)cn1. The molecule has 2 aromatic heterocycles. The van der Waals surface area contributed by atoms with Gasteiger partial charge in [0.25, 0.3) is 0 Å². The number of carbonyl (C=O) groups excluding carboxylic acids is 2. The van der Waals surface area contributed by atoms with Crippen LogP contribution in [0.25, 0.3) is 33.2 Å². The fourth-order valence-electron chi connectivity index (χ4n) is 6.22. The van der Waals surface area contributed by atoms with Crippen LogP contribution in [0, 0.1) is 0 Å². The number of fused-ring (bicyclic) bond motifs is 1. The normalized spacial score (nSPS) is 18.5. The Bertz CT molecular complexity index is 1740. The van der Waals surface area contributed by atoms with E-state index in [4.69, 9.17) is 14.5 Å². The Morgan fingerprint density at radius 2 is 1.43 bits per heavy atom. The molecule has 6 rings (SSSR count). The van der Waals surface area contributed by atoms with Crippen LogP contribution >= 0.6 is 0 Å². The standard InChI is InChI=1S/C36H45N7O4/c1-35(2,3)46-33(44)42-15-7-9-28(42)21-40-32-38-19-27(20-39-32)25-12-11-24-18-26(14-13-23(24)17-25)29-22-37-31(41-29)30-10-8-16-43(30)34(45)47-36(4,5)6/h11-14,17-20,22,28,30H,7-10,15-16,21H2,1-6H3,(H,37,41)(H,38,39,40)/t28-,30-/m0/s1. The number of carbonyl (C=O) groups is 2. The Kier molecular flexibility index (Phi) is 8.82. The lowest BCUT2D eigenvalue weighted by Crippen LogP contribution is -2.42. The molecule has 0 spiro atoms. The number of amides is 2. The number of aromatic nitrogens is 4. The van der Waals surface area contributed by atoms with Crippen molar-refractivity contribution in [3.05, 3.63) is 60.8 Å². The zero-order valence-electron chi connectivity index (χ0n) is 28.2. The van der Waals surface area contributed by atoms with Crippen LogP contribution in [-0.4, -0.2) is 78.8 Å². The summed E-state index contributed by atoms with van der Waals surface area (Å²) in [5.74, 6) is 1.31. The highest BCUT2D eigenvalue weighted by atomic mass is 16.6. The summed E-state index contributed by atoms with van der Waals surface area (Å²) in [7, 11) is 0. The van der Waals surface area contributed by atoms with Crippen molar-refractivity contribution < 1.29 is 19.1 Å². The fourth-order valence-corrected chi connectivity index (χ4v) is 6.22. The largest absolute Gasteiger partial charge is 0.444 e. The van der Waals surface area contributed by atoms with Crippen LogP contribution in [0.4, 0.5) is 15.5 Å². The number of imidazole rings is 1. The van der Waals surface area contributed by atoms with Gasteiger partial charge in [-0.25, -0.2) is 24.5 Å². The lowest BCUT2D eigenvalue weighted by molar-refractivity contribution is 0.0213. The van der Waals surface area contributed by atoms with E-state index in [1.54, 1.807) is 9.80 Å². The van der Waals surface area contributed by atoms with Gasteiger partial charge >= 0.3 is 12.2 Å². The van der Waals surface area contributed by atoms with E-state index in [1.165, 1.54) is 0 Å². The van der Waals surface area contributed by atoms with Crippen LogP contribution in [-0.2, 0) is 9.47 Å². The Labute approximate surface area is 276 Å². The quantitative estimate of drug-likeness (QED) is 0.221. The Morgan fingerprint density at radius 1 is 0.830 bits per heavy atom. The molecule has 2 atom stereocenters. The third-order valence-corrected chi connectivity index (χ3v) is 8.42. The number of hydrogen-bond donors (Lipinski definition) is 2. The highest BCUT2D eigenvalue weighted by Crippen LogP contribution is 2.34. The van der Waals surface area contributed by atoms with Gasteiger partial charge in [-0.2, -0.15) is 0 Å². The molecule has 47 heavy (non-hydrogen) atoms. The molecular formula is C36H45N7O4. The van der Waals surface area contributed by atoms with E-state index in [9.17, 15) is 9.59 Å². The highest BCUT2D eigenvalue weighted by Gasteiger charge is 2.35. The Balaban J connectivity index is 1.10. The van der Waals surface area contributed by atoms with Gasteiger partial charge in [-0.15, -0.1) is 0 Å². The molecule has 2 N–H and O–H groups in total. The number of aromatic amines is 1. The molecule has 248 valence electrons. The van der Waals surface area contributed by atoms with E-state index in [1.807, 2.05) is 60.1 Å². The summed E-state index contributed by atoms with van der Waals surface area (Å²) in [5, 5.41) is 5.49. The van der Waals surface area contributed by atoms with Gasteiger partial charge in [-0.3, -0.25) is 4.90 Å². The molecule has 0 radical (unpaired) electrons. The minimum Gasteiger partial charge on any atom is -0.444 e. The molecule has 4 aromatic rings. The van der Waals surface area contributed by atoms with E-state index >= 15 is 0 Å². The second-order valence-corrected chi connectivity index (χ2v) is 14.4. The van der Waals surface area contributed by atoms with E-state index in [-0.39, 0.29) is 24.3 Å². The second kappa shape index (κ2) is 12.8. The Hall–Kier alpha value is -4.67. The number of ether oxygens (including phenoxy) is 2. The van der Waals surface area contributed by atoms with Crippen molar-refractivity contribution >= 4 is 28.9 Å². The number of rotatable bonds is 6. The molecule has 2 fully saturated rings. The monoisotopic (exact) mass is 639 g/mol. The number of benzene rings is 2. The predicted molar refractivity (Wildman–Crippen MR) is 182 cm³/mol. The van der Waals surface area contributed by atoms with Gasteiger partial charge in [0.2, 0.25) is 5.95 Å². The number of H-pyrrole nitrogens is 1. The van der Waals surface area contributed by atoms with Gasteiger partial charge in [-0.1, -0.05) is 24.3 Å². The molecule has 0 aliphatic carbocycles. The van der Waals surface area contributed by atoms with Gasteiger partial charge in [-0.05, 0) is 95.7 Å². The molecule has 2 aliphatic rings.